The molecular weight excluding hydrogens is 164 g/mol. The molecule has 0 saturated carbocycles. The SMILES string of the molecule is CC(N)CCCC(C)C(=O)N(C)C. The molecule has 0 aliphatic heterocycles. The van der Waals surface area contributed by atoms with E-state index >= 15 is 0 Å². The second kappa shape index (κ2) is 5.97. The number of rotatable bonds is 5. The normalized spacial score (nSPS) is 15.2. The summed E-state index contributed by atoms with van der Waals surface area (Å²) in [5, 5.41) is 0. The number of nitrogens with zero attached hydrogens (tertiary/aromatic N) is 1. The average molecular weight is 186 g/mol. The zero-order valence-electron chi connectivity index (χ0n) is 9.21. The molecule has 13 heavy (non-hydrogen) atoms. The van der Waals surface area contributed by atoms with Gasteiger partial charge in [-0.15, -0.1) is 0 Å². The van der Waals surface area contributed by atoms with Crippen LogP contribution in [0.1, 0.15) is 33.1 Å². The molecule has 0 bridgehead atoms. The van der Waals surface area contributed by atoms with E-state index < -0.39 is 0 Å². The summed E-state index contributed by atoms with van der Waals surface area (Å²) in [6.45, 7) is 3.97. The molecule has 78 valence electrons. The molecule has 3 heteroatoms. The van der Waals surface area contributed by atoms with Gasteiger partial charge >= 0.3 is 0 Å². The molecule has 2 unspecified atom stereocenters. The number of amides is 1. The molecule has 0 aliphatic carbocycles. The Kier molecular flexibility index (Phi) is 5.71. The van der Waals surface area contributed by atoms with Crippen molar-refractivity contribution >= 4 is 5.91 Å². The van der Waals surface area contributed by atoms with Crippen LogP contribution in [-0.4, -0.2) is 30.9 Å². The largest absolute Gasteiger partial charge is 0.349 e. The van der Waals surface area contributed by atoms with Crippen molar-refractivity contribution in [3.8, 4) is 0 Å². The molecular formula is C10H22N2O. The van der Waals surface area contributed by atoms with Crippen LogP contribution < -0.4 is 5.73 Å². The summed E-state index contributed by atoms with van der Waals surface area (Å²) in [5.74, 6) is 0.346. The van der Waals surface area contributed by atoms with Crippen LogP contribution >= 0.6 is 0 Å². The van der Waals surface area contributed by atoms with Crippen LogP contribution in [-0.2, 0) is 4.79 Å². The molecule has 0 fully saturated rings. The van der Waals surface area contributed by atoms with E-state index in [2.05, 4.69) is 0 Å². The molecule has 1 amide bonds. The van der Waals surface area contributed by atoms with Crippen LogP contribution in [0.25, 0.3) is 0 Å². The van der Waals surface area contributed by atoms with Gasteiger partial charge < -0.3 is 10.6 Å². The van der Waals surface area contributed by atoms with E-state index in [0.717, 1.165) is 19.3 Å². The summed E-state index contributed by atoms with van der Waals surface area (Å²) in [6, 6.07) is 0.252. The summed E-state index contributed by atoms with van der Waals surface area (Å²) in [7, 11) is 3.59. The highest BCUT2D eigenvalue weighted by molar-refractivity contribution is 5.77. The lowest BCUT2D eigenvalue weighted by Gasteiger charge is -2.16. The van der Waals surface area contributed by atoms with Crippen LogP contribution in [0.3, 0.4) is 0 Å². The van der Waals surface area contributed by atoms with E-state index in [4.69, 9.17) is 5.73 Å². The highest BCUT2D eigenvalue weighted by Crippen LogP contribution is 2.10. The lowest BCUT2D eigenvalue weighted by molar-refractivity contribution is -0.132. The molecule has 0 aromatic rings. The lowest BCUT2D eigenvalue weighted by Crippen LogP contribution is -2.28. The van der Waals surface area contributed by atoms with Crippen LogP contribution in [0.5, 0.6) is 0 Å². The first-order valence-electron chi connectivity index (χ1n) is 4.92. The van der Waals surface area contributed by atoms with E-state index in [-0.39, 0.29) is 17.9 Å². The molecule has 0 radical (unpaired) electrons. The molecule has 0 saturated heterocycles. The second-order valence-corrected chi connectivity index (χ2v) is 4.04. The zero-order chi connectivity index (χ0) is 10.4. The Morgan fingerprint density at radius 2 is 1.85 bits per heavy atom. The highest BCUT2D eigenvalue weighted by atomic mass is 16.2. The van der Waals surface area contributed by atoms with Crippen LogP contribution in [0.2, 0.25) is 0 Å². The van der Waals surface area contributed by atoms with Crippen molar-refractivity contribution in [2.24, 2.45) is 11.7 Å². The smallest absolute Gasteiger partial charge is 0.224 e. The minimum Gasteiger partial charge on any atom is -0.349 e. The Hall–Kier alpha value is -0.570. The predicted octanol–water partition coefficient (Wildman–Crippen LogP) is 1.23. The maximum absolute atomic E-state index is 11.4. The first-order chi connectivity index (χ1) is 5.95. The molecule has 0 heterocycles. The molecule has 2 atom stereocenters. The number of hydrogen-bond acceptors (Lipinski definition) is 2. The molecule has 0 aromatic carbocycles. The van der Waals surface area contributed by atoms with Gasteiger partial charge in [0.15, 0.2) is 0 Å². The van der Waals surface area contributed by atoms with Gasteiger partial charge in [-0.1, -0.05) is 13.3 Å². The maximum atomic E-state index is 11.4. The minimum atomic E-state index is 0.133. The van der Waals surface area contributed by atoms with Gasteiger partial charge in [-0.25, -0.2) is 0 Å². The third-order valence-corrected chi connectivity index (χ3v) is 2.16. The van der Waals surface area contributed by atoms with Crippen molar-refractivity contribution < 1.29 is 4.79 Å². The minimum absolute atomic E-state index is 0.133. The van der Waals surface area contributed by atoms with Gasteiger partial charge in [0, 0.05) is 26.1 Å². The number of carbonyl (C=O) groups excluding carboxylic acids is 1. The molecule has 0 spiro atoms. The molecule has 3 nitrogen and oxygen atoms in total. The molecule has 0 aromatic heterocycles. The molecule has 2 N–H and O–H groups in total. The summed E-state index contributed by atoms with van der Waals surface area (Å²) >= 11 is 0. The van der Waals surface area contributed by atoms with Crippen molar-refractivity contribution in [1.82, 2.24) is 4.90 Å². The molecule has 0 aliphatic rings. The van der Waals surface area contributed by atoms with Crippen molar-refractivity contribution in [2.45, 2.75) is 39.2 Å². The first-order valence-corrected chi connectivity index (χ1v) is 4.92. The van der Waals surface area contributed by atoms with Gasteiger partial charge in [0.25, 0.3) is 0 Å². The van der Waals surface area contributed by atoms with Gasteiger partial charge in [0.1, 0.15) is 0 Å². The van der Waals surface area contributed by atoms with Crippen molar-refractivity contribution in [1.29, 1.82) is 0 Å². The summed E-state index contributed by atoms with van der Waals surface area (Å²) in [4.78, 5) is 13.1. The first kappa shape index (κ1) is 12.4. The second-order valence-electron chi connectivity index (χ2n) is 4.04. The fourth-order valence-corrected chi connectivity index (χ4v) is 1.31. The standard InChI is InChI=1S/C10H22N2O/c1-8(10(13)12(3)4)6-5-7-9(2)11/h8-9H,5-7,11H2,1-4H3. The number of nitrogens with two attached hydrogens (primary N) is 1. The Balaban J connectivity index is 3.62. The number of carbonyl (C=O) groups is 1. The van der Waals surface area contributed by atoms with Crippen molar-refractivity contribution in [3.63, 3.8) is 0 Å². The predicted molar refractivity (Wildman–Crippen MR) is 55.4 cm³/mol. The van der Waals surface area contributed by atoms with Gasteiger partial charge in [0.2, 0.25) is 5.91 Å². The molecule has 0 rings (SSSR count). The van der Waals surface area contributed by atoms with Crippen LogP contribution in [0.15, 0.2) is 0 Å². The van der Waals surface area contributed by atoms with Gasteiger partial charge in [0.05, 0.1) is 0 Å². The fourth-order valence-electron chi connectivity index (χ4n) is 1.31. The Morgan fingerprint density at radius 3 is 2.23 bits per heavy atom. The maximum Gasteiger partial charge on any atom is 0.224 e. The summed E-state index contributed by atoms with van der Waals surface area (Å²) in [6.07, 6.45) is 2.99. The quantitative estimate of drug-likeness (QED) is 0.702. The summed E-state index contributed by atoms with van der Waals surface area (Å²) in [5.41, 5.74) is 5.62. The zero-order valence-corrected chi connectivity index (χ0v) is 9.21. The van der Waals surface area contributed by atoms with Crippen molar-refractivity contribution in [3.05, 3.63) is 0 Å². The van der Waals surface area contributed by atoms with E-state index in [1.807, 2.05) is 13.8 Å². The Bertz CT molecular complexity index is 155. The average Bonchev–Trinajstić information content (AvgIpc) is 2.02. The summed E-state index contributed by atoms with van der Waals surface area (Å²) < 4.78 is 0. The van der Waals surface area contributed by atoms with E-state index in [9.17, 15) is 4.79 Å². The van der Waals surface area contributed by atoms with E-state index in [0.29, 0.717) is 0 Å². The van der Waals surface area contributed by atoms with Crippen LogP contribution in [0, 0.1) is 5.92 Å². The topological polar surface area (TPSA) is 46.3 Å². The lowest BCUT2D eigenvalue weighted by atomic mass is 10.0. The van der Waals surface area contributed by atoms with E-state index in [1.165, 1.54) is 0 Å². The fraction of sp³-hybridized carbons (Fsp3) is 0.900. The van der Waals surface area contributed by atoms with Gasteiger partial charge in [-0.05, 0) is 19.8 Å². The highest BCUT2D eigenvalue weighted by Gasteiger charge is 2.13. The Morgan fingerprint density at radius 1 is 1.31 bits per heavy atom. The third kappa shape index (κ3) is 5.64. The van der Waals surface area contributed by atoms with Crippen molar-refractivity contribution in [2.75, 3.05) is 14.1 Å². The van der Waals surface area contributed by atoms with Gasteiger partial charge in [-0.3, -0.25) is 4.79 Å². The third-order valence-electron chi connectivity index (χ3n) is 2.16. The van der Waals surface area contributed by atoms with E-state index in [1.54, 1.807) is 19.0 Å². The number of hydrogen-bond donors (Lipinski definition) is 1. The monoisotopic (exact) mass is 186 g/mol. The van der Waals surface area contributed by atoms with Crippen LogP contribution in [0.4, 0.5) is 0 Å². The Labute approximate surface area is 81.3 Å². The van der Waals surface area contributed by atoms with Gasteiger partial charge in [-0.2, -0.15) is 0 Å².